The van der Waals surface area contributed by atoms with Crippen LogP contribution in [-0.4, -0.2) is 131 Å². The van der Waals surface area contributed by atoms with Crippen LogP contribution in [0, 0.1) is 43.4 Å². The second-order valence-electron chi connectivity index (χ2n) is 21.1. The minimum absolute atomic E-state index is 0.0145. The summed E-state index contributed by atoms with van der Waals surface area (Å²) in [5.41, 5.74) is 3.33. The number of amides is 1. The van der Waals surface area contributed by atoms with Gasteiger partial charge in [0.25, 0.3) is 11.7 Å². The number of piperidine rings is 1. The number of fused-ring (bicyclic) bond motifs is 3. The van der Waals surface area contributed by atoms with Crippen LogP contribution in [0.4, 0.5) is 0 Å². The molecule has 4 aliphatic rings. The normalized spacial score (nSPS) is 37.9. The number of ketones is 2. The van der Waals surface area contributed by atoms with E-state index in [-0.39, 0.29) is 43.4 Å². The molecule has 4 N–H and O–H groups in total. The van der Waals surface area contributed by atoms with E-state index in [1.807, 2.05) is 65.8 Å². The zero-order valence-corrected chi connectivity index (χ0v) is 42.7. The zero-order valence-electron chi connectivity index (χ0n) is 42.7. The van der Waals surface area contributed by atoms with Gasteiger partial charge in [-0.15, -0.1) is 0 Å². The Morgan fingerprint density at radius 1 is 0.912 bits per heavy atom. The number of carbonyl (C=O) groups is 4. The molecule has 3 fully saturated rings. The summed E-state index contributed by atoms with van der Waals surface area (Å²) in [4.78, 5) is 58.5. The SMILES string of the molecule is CCC1/C=C(\C)CC(C)CC(OC)C2OC(O)(C(=O)C(=O)N3CCCCC3C(=O)OC(C(C)=CC3CCC(O)(CCC(O)c4cc(C)cc(C)c4)C(OC)C3)C(C)C(O)CC1=O)C(C)CC2OC. The van der Waals surface area contributed by atoms with Gasteiger partial charge in [-0.25, -0.2) is 4.79 Å². The molecule has 1 saturated carbocycles. The highest BCUT2D eigenvalue weighted by molar-refractivity contribution is 6.39. The van der Waals surface area contributed by atoms with E-state index in [0.29, 0.717) is 69.8 Å². The summed E-state index contributed by atoms with van der Waals surface area (Å²) >= 11 is 0. The molecule has 0 radical (unpaired) electrons. The summed E-state index contributed by atoms with van der Waals surface area (Å²) in [6.45, 7) is 15.2. The number of esters is 1. The van der Waals surface area contributed by atoms with Crippen LogP contribution in [-0.2, 0) is 42.9 Å². The summed E-state index contributed by atoms with van der Waals surface area (Å²) in [5.74, 6) is -7.87. The predicted octanol–water partition coefficient (Wildman–Crippen LogP) is 6.97. The van der Waals surface area contributed by atoms with Gasteiger partial charge in [0.05, 0.1) is 36.1 Å². The number of benzene rings is 1. The quantitative estimate of drug-likeness (QED) is 0.107. The van der Waals surface area contributed by atoms with Crippen molar-refractivity contribution in [3.63, 3.8) is 0 Å². The van der Waals surface area contributed by atoms with Crippen LogP contribution in [0.25, 0.3) is 0 Å². The van der Waals surface area contributed by atoms with Crippen molar-refractivity contribution in [2.75, 3.05) is 27.9 Å². The lowest BCUT2D eigenvalue weighted by atomic mass is 9.73. The molecule has 14 heteroatoms. The van der Waals surface area contributed by atoms with E-state index in [4.69, 9.17) is 23.7 Å². The number of aliphatic hydroxyl groups is 4. The minimum Gasteiger partial charge on any atom is -0.456 e. The van der Waals surface area contributed by atoms with Gasteiger partial charge in [-0.05, 0) is 128 Å². The molecule has 1 aromatic carbocycles. The first-order valence-electron chi connectivity index (χ1n) is 25.2. The van der Waals surface area contributed by atoms with Crippen molar-refractivity contribution in [1.82, 2.24) is 4.90 Å². The molecule has 2 saturated heterocycles. The third kappa shape index (κ3) is 13.1. The summed E-state index contributed by atoms with van der Waals surface area (Å²) in [7, 11) is 4.63. The molecule has 5 rings (SSSR count). The molecule has 1 aromatic rings. The van der Waals surface area contributed by atoms with Crippen molar-refractivity contribution in [3.8, 4) is 0 Å². The number of nitrogens with zero attached hydrogens (tertiary/aromatic N) is 1. The molecule has 3 heterocycles. The monoisotopic (exact) mass is 954 g/mol. The number of hydrogen-bond acceptors (Lipinski definition) is 13. The highest BCUT2D eigenvalue weighted by atomic mass is 16.7. The number of Topliss-reactive ketones (excluding diaryl/α,β-unsaturated/α-hetero) is 2. The van der Waals surface area contributed by atoms with Crippen molar-refractivity contribution in [2.24, 2.45) is 29.6 Å². The molecule has 382 valence electrons. The molecular weight excluding hydrogens is 871 g/mol. The van der Waals surface area contributed by atoms with E-state index in [9.17, 15) is 39.6 Å². The van der Waals surface area contributed by atoms with Gasteiger partial charge in [-0.1, -0.05) is 74.7 Å². The predicted molar refractivity (Wildman–Crippen MR) is 257 cm³/mol. The van der Waals surface area contributed by atoms with E-state index < -0.39 is 95.6 Å². The molecule has 14 nitrogen and oxygen atoms in total. The molecule has 0 aromatic heterocycles. The Morgan fingerprint density at radius 3 is 2.21 bits per heavy atom. The molecule has 2 bridgehead atoms. The number of methoxy groups -OCH3 is 3. The van der Waals surface area contributed by atoms with Crippen molar-refractivity contribution in [3.05, 3.63) is 58.2 Å². The topological polar surface area (TPSA) is 199 Å². The second kappa shape index (κ2) is 24.2. The molecule has 0 spiro atoms. The first-order chi connectivity index (χ1) is 32.1. The fourth-order valence-corrected chi connectivity index (χ4v) is 11.6. The van der Waals surface area contributed by atoms with Crippen molar-refractivity contribution >= 4 is 23.4 Å². The van der Waals surface area contributed by atoms with Gasteiger partial charge in [0, 0.05) is 52.0 Å². The van der Waals surface area contributed by atoms with Crippen LogP contribution in [0.1, 0.15) is 148 Å². The molecule has 1 amide bonds. The fourth-order valence-electron chi connectivity index (χ4n) is 11.6. The van der Waals surface area contributed by atoms with Crippen LogP contribution >= 0.6 is 0 Å². The van der Waals surface area contributed by atoms with E-state index in [1.165, 1.54) is 19.1 Å². The Bertz CT molecular complexity index is 1950. The van der Waals surface area contributed by atoms with Gasteiger partial charge >= 0.3 is 5.97 Å². The van der Waals surface area contributed by atoms with Crippen molar-refractivity contribution in [2.45, 2.75) is 199 Å². The third-order valence-corrected chi connectivity index (χ3v) is 15.6. The highest BCUT2D eigenvalue weighted by Gasteiger charge is 2.57. The Morgan fingerprint density at radius 2 is 1.57 bits per heavy atom. The average Bonchev–Trinajstić information content (AvgIpc) is 3.30. The summed E-state index contributed by atoms with van der Waals surface area (Å²) in [6, 6.07) is 4.80. The molecule has 15 atom stereocenters. The van der Waals surface area contributed by atoms with Crippen LogP contribution in [0.2, 0.25) is 0 Å². The molecule has 15 unspecified atom stereocenters. The Hall–Kier alpha value is -3.34. The lowest BCUT2D eigenvalue weighted by Gasteiger charge is -2.47. The van der Waals surface area contributed by atoms with Gasteiger partial charge in [-0.3, -0.25) is 14.4 Å². The number of hydrogen-bond donors (Lipinski definition) is 4. The van der Waals surface area contributed by atoms with Crippen LogP contribution in [0.15, 0.2) is 41.5 Å². The number of rotatable bonds is 10. The molecule has 1 aliphatic carbocycles. The number of ether oxygens (including phenoxy) is 5. The number of aryl methyl sites for hydroxylation is 2. The fraction of sp³-hybridized carbons (Fsp3) is 0.741. The van der Waals surface area contributed by atoms with E-state index in [2.05, 4.69) is 6.07 Å². The number of aliphatic hydroxyl groups excluding tert-OH is 2. The van der Waals surface area contributed by atoms with Gasteiger partial charge in [-0.2, -0.15) is 0 Å². The summed E-state index contributed by atoms with van der Waals surface area (Å²) < 4.78 is 30.4. The molecule has 3 aliphatic heterocycles. The van der Waals surface area contributed by atoms with Gasteiger partial charge in [0.2, 0.25) is 5.79 Å². The minimum atomic E-state index is -2.53. The van der Waals surface area contributed by atoms with Crippen LogP contribution < -0.4 is 0 Å². The Labute approximate surface area is 405 Å². The molecule has 68 heavy (non-hydrogen) atoms. The Balaban J connectivity index is 1.46. The van der Waals surface area contributed by atoms with Gasteiger partial charge in [0.1, 0.15) is 24.0 Å². The lowest BCUT2D eigenvalue weighted by Crippen LogP contribution is -2.64. The van der Waals surface area contributed by atoms with Crippen LogP contribution in [0.3, 0.4) is 0 Å². The maximum atomic E-state index is 14.6. The lowest BCUT2D eigenvalue weighted by molar-refractivity contribution is -0.302. The largest absolute Gasteiger partial charge is 0.456 e. The zero-order chi connectivity index (χ0) is 50.2. The average molecular weight is 954 g/mol. The van der Waals surface area contributed by atoms with Crippen molar-refractivity contribution in [1.29, 1.82) is 0 Å². The molecular formula is C54H83NO13. The summed E-state index contributed by atoms with van der Waals surface area (Å²) in [5, 5.41) is 47.1. The summed E-state index contributed by atoms with van der Waals surface area (Å²) in [6.07, 6.45) is 3.27. The smallest absolute Gasteiger partial charge is 0.329 e. The standard InChI is InChI=1S/C54H83NO13/c1-12-39-23-31(2)22-34(5)26-45(64-9)49-46(65-10)28-36(7)54(63,68-49)50(59)51(60)55-20-14-13-15-41(55)52(61)67-48(37(8)43(57)30-44(39)58)35(6)27-38-16-18-53(62,47(29-38)66-11)19-17-42(56)40-24-32(3)21-33(4)25-40/h21,23-25,27,34,36-39,41-43,45-49,56-57,62-63H,12-20,22,26,28-30H2,1-11H3/b31-23+,35-27?. The van der Waals surface area contributed by atoms with Gasteiger partial charge in [0.15, 0.2) is 0 Å². The van der Waals surface area contributed by atoms with Crippen LogP contribution in [0.5, 0.6) is 0 Å². The number of cyclic esters (lactones) is 1. The maximum Gasteiger partial charge on any atom is 0.329 e. The van der Waals surface area contributed by atoms with E-state index >= 15 is 0 Å². The Kier molecular flexibility index (Phi) is 19.8. The second-order valence-corrected chi connectivity index (χ2v) is 21.1. The third-order valence-electron chi connectivity index (χ3n) is 15.6. The van der Waals surface area contributed by atoms with Gasteiger partial charge < -0.3 is 49.0 Å². The van der Waals surface area contributed by atoms with E-state index in [1.54, 1.807) is 21.0 Å². The van der Waals surface area contributed by atoms with E-state index in [0.717, 1.165) is 22.3 Å². The van der Waals surface area contributed by atoms with Crippen molar-refractivity contribution < 1.29 is 63.3 Å². The first-order valence-corrected chi connectivity index (χ1v) is 25.2. The maximum absolute atomic E-state index is 14.6. The number of carbonyl (C=O) groups excluding carboxylic acids is 4. The first kappa shape index (κ1) is 55.6. The highest BCUT2D eigenvalue weighted by Crippen LogP contribution is 2.42. The number of allylic oxidation sites excluding steroid dienone is 3.